The topological polar surface area (TPSA) is 58.8 Å². The zero-order chi connectivity index (χ0) is 15.3. The van der Waals surface area contributed by atoms with E-state index in [1.54, 1.807) is 24.1 Å². The van der Waals surface area contributed by atoms with E-state index in [2.05, 4.69) is 0 Å². The van der Waals surface area contributed by atoms with E-state index in [4.69, 9.17) is 10.5 Å². The van der Waals surface area contributed by atoms with E-state index in [1.807, 2.05) is 38.9 Å². The molecule has 0 aliphatic rings. The van der Waals surface area contributed by atoms with Gasteiger partial charge in [0, 0.05) is 39.1 Å². The lowest BCUT2D eigenvalue weighted by molar-refractivity contribution is 0.0580. The van der Waals surface area contributed by atoms with Crippen molar-refractivity contribution in [2.45, 2.75) is 19.9 Å². The highest BCUT2D eigenvalue weighted by molar-refractivity contribution is 6.00. The molecule has 5 nitrogen and oxygen atoms in total. The molecule has 112 valence electrons. The normalized spacial score (nSPS) is 12.1. The van der Waals surface area contributed by atoms with Crippen LogP contribution < -0.4 is 10.6 Å². The molecule has 0 aromatic heterocycles. The summed E-state index contributed by atoms with van der Waals surface area (Å²) in [4.78, 5) is 16.5. The molecule has 2 N–H and O–H groups in total. The fraction of sp³-hybridized carbons (Fsp3) is 0.533. The number of anilines is 2. The van der Waals surface area contributed by atoms with E-state index in [1.165, 1.54) is 0 Å². The predicted octanol–water partition coefficient (Wildman–Crippen LogP) is 1.83. The second-order valence-corrected chi connectivity index (χ2v) is 5.07. The Labute approximate surface area is 121 Å². The van der Waals surface area contributed by atoms with Gasteiger partial charge in [-0.25, -0.2) is 0 Å². The number of ether oxygens (including phenoxy) is 1. The van der Waals surface area contributed by atoms with Crippen molar-refractivity contribution in [1.29, 1.82) is 0 Å². The van der Waals surface area contributed by atoms with Gasteiger partial charge in [0.1, 0.15) is 0 Å². The number of carbonyl (C=O) groups is 1. The molecule has 1 rings (SSSR count). The Balaban J connectivity index is 3.14. The zero-order valence-corrected chi connectivity index (χ0v) is 13.0. The minimum atomic E-state index is -0.0203. The lowest BCUT2D eigenvalue weighted by Crippen LogP contribution is -2.41. The van der Waals surface area contributed by atoms with Crippen LogP contribution in [0.15, 0.2) is 18.2 Å². The fourth-order valence-corrected chi connectivity index (χ4v) is 2.26. The minimum Gasteiger partial charge on any atom is -0.399 e. The van der Waals surface area contributed by atoms with Crippen molar-refractivity contribution in [3.05, 3.63) is 23.8 Å². The molecule has 0 aliphatic heterocycles. The monoisotopic (exact) mass is 279 g/mol. The maximum absolute atomic E-state index is 12.8. The van der Waals surface area contributed by atoms with Crippen LogP contribution in [-0.4, -0.2) is 51.2 Å². The number of hydrogen-bond donors (Lipinski definition) is 1. The molecule has 1 aromatic carbocycles. The van der Waals surface area contributed by atoms with Crippen molar-refractivity contribution in [3.8, 4) is 0 Å². The molecular weight excluding hydrogens is 254 g/mol. The number of amides is 1. The van der Waals surface area contributed by atoms with Crippen molar-refractivity contribution >= 4 is 17.3 Å². The lowest BCUT2D eigenvalue weighted by Gasteiger charge is -2.29. The quantitative estimate of drug-likeness (QED) is 0.807. The predicted molar refractivity (Wildman–Crippen MR) is 83.2 cm³/mol. The Morgan fingerprint density at radius 2 is 2.05 bits per heavy atom. The van der Waals surface area contributed by atoms with Gasteiger partial charge in [-0.15, -0.1) is 0 Å². The van der Waals surface area contributed by atoms with Crippen LogP contribution in [0.5, 0.6) is 0 Å². The second-order valence-electron chi connectivity index (χ2n) is 5.07. The van der Waals surface area contributed by atoms with E-state index in [-0.39, 0.29) is 11.9 Å². The van der Waals surface area contributed by atoms with Crippen LogP contribution in [0.4, 0.5) is 11.4 Å². The molecule has 5 heteroatoms. The first-order chi connectivity index (χ1) is 9.42. The highest BCUT2D eigenvalue weighted by Crippen LogP contribution is 2.23. The third-order valence-electron chi connectivity index (χ3n) is 3.27. The number of carbonyl (C=O) groups excluding carboxylic acids is 1. The molecule has 1 atom stereocenters. The van der Waals surface area contributed by atoms with Gasteiger partial charge in [0.15, 0.2) is 0 Å². The standard InChI is InChI=1S/C15H25N3O2/c1-6-18(11(2)10-20-5)15(19)13-9-12(16)7-8-14(13)17(3)4/h7-9,11H,6,10,16H2,1-5H3. The number of methoxy groups -OCH3 is 1. The number of hydrogen-bond acceptors (Lipinski definition) is 4. The van der Waals surface area contributed by atoms with E-state index in [9.17, 15) is 4.79 Å². The Kier molecular flexibility index (Phi) is 5.82. The largest absolute Gasteiger partial charge is 0.399 e. The van der Waals surface area contributed by atoms with Gasteiger partial charge in [-0.2, -0.15) is 0 Å². The number of nitrogens with zero attached hydrogens (tertiary/aromatic N) is 2. The van der Waals surface area contributed by atoms with Gasteiger partial charge in [0.25, 0.3) is 5.91 Å². The summed E-state index contributed by atoms with van der Waals surface area (Å²) in [5, 5.41) is 0. The molecule has 0 saturated heterocycles. The molecule has 0 saturated carbocycles. The number of rotatable bonds is 6. The lowest BCUT2D eigenvalue weighted by atomic mass is 10.1. The van der Waals surface area contributed by atoms with Crippen molar-refractivity contribution < 1.29 is 9.53 Å². The Morgan fingerprint density at radius 1 is 1.40 bits per heavy atom. The molecule has 1 amide bonds. The first kappa shape index (κ1) is 16.3. The van der Waals surface area contributed by atoms with Gasteiger partial charge in [-0.1, -0.05) is 0 Å². The molecule has 0 bridgehead atoms. The summed E-state index contributed by atoms with van der Waals surface area (Å²) in [5.41, 5.74) is 7.91. The van der Waals surface area contributed by atoms with Crippen LogP contribution in [0.25, 0.3) is 0 Å². The van der Waals surface area contributed by atoms with Gasteiger partial charge >= 0.3 is 0 Å². The molecule has 0 fully saturated rings. The molecule has 0 aliphatic carbocycles. The number of benzene rings is 1. The molecule has 20 heavy (non-hydrogen) atoms. The zero-order valence-electron chi connectivity index (χ0n) is 13.0. The summed E-state index contributed by atoms with van der Waals surface area (Å²) in [5.74, 6) is -0.0203. The van der Waals surface area contributed by atoms with E-state index >= 15 is 0 Å². The summed E-state index contributed by atoms with van der Waals surface area (Å²) < 4.78 is 5.14. The van der Waals surface area contributed by atoms with E-state index in [0.29, 0.717) is 24.4 Å². The Morgan fingerprint density at radius 3 is 2.55 bits per heavy atom. The summed E-state index contributed by atoms with van der Waals surface area (Å²) in [6.45, 7) is 5.09. The number of likely N-dealkylation sites (N-methyl/N-ethyl adjacent to an activating group) is 1. The van der Waals surface area contributed by atoms with Crippen molar-refractivity contribution in [2.24, 2.45) is 0 Å². The second kappa shape index (κ2) is 7.14. The maximum atomic E-state index is 12.8. The average Bonchev–Trinajstić information content (AvgIpc) is 2.39. The number of nitrogen functional groups attached to an aromatic ring is 1. The Hall–Kier alpha value is -1.75. The van der Waals surface area contributed by atoms with Crippen LogP contribution in [0, 0.1) is 0 Å². The third-order valence-corrected chi connectivity index (χ3v) is 3.27. The van der Waals surface area contributed by atoms with Crippen molar-refractivity contribution in [1.82, 2.24) is 4.90 Å². The smallest absolute Gasteiger partial charge is 0.256 e. The van der Waals surface area contributed by atoms with E-state index in [0.717, 1.165) is 5.69 Å². The average molecular weight is 279 g/mol. The van der Waals surface area contributed by atoms with Crippen LogP contribution in [-0.2, 0) is 4.74 Å². The molecule has 1 unspecified atom stereocenters. The minimum absolute atomic E-state index is 0.0203. The van der Waals surface area contributed by atoms with Gasteiger partial charge in [0.05, 0.1) is 18.2 Å². The van der Waals surface area contributed by atoms with Gasteiger partial charge in [-0.05, 0) is 32.0 Å². The first-order valence-electron chi connectivity index (χ1n) is 6.79. The SMILES string of the molecule is CCN(C(=O)c1cc(N)ccc1N(C)C)C(C)COC. The number of nitrogens with two attached hydrogens (primary N) is 1. The molecule has 1 aromatic rings. The highest BCUT2D eigenvalue weighted by Gasteiger charge is 2.23. The van der Waals surface area contributed by atoms with Crippen molar-refractivity contribution in [3.63, 3.8) is 0 Å². The molecule has 0 spiro atoms. The van der Waals surface area contributed by atoms with Gasteiger partial charge in [-0.3, -0.25) is 4.79 Å². The van der Waals surface area contributed by atoms with E-state index < -0.39 is 0 Å². The highest BCUT2D eigenvalue weighted by atomic mass is 16.5. The van der Waals surface area contributed by atoms with Gasteiger partial charge in [0.2, 0.25) is 0 Å². The van der Waals surface area contributed by atoms with Crippen LogP contribution in [0.2, 0.25) is 0 Å². The molecule has 0 radical (unpaired) electrons. The summed E-state index contributed by atoms with van der Waals surface area (Å²) in [6, 6.07) is 5.44. The first-order valence-corrected chi connectivity index (χ1v) is 6.79. The van der Waals surface area contributed by atoms with Crippen LogP contribution in [0.1, 0.15) is 24.2 Å². The Bertz CT molecular complexity index is 460. The van der Waals surface area contributed by atoms with Crippen LogP contribution >= 0.6 is 0 Å². The van der Waals surface area contributed by atoms with Crippen LogP contribution in [0.3, 0.4) is 0 Å². The summed E-state index contributed by atoms with van der Waals surface area (Å²) in [6.07, 6.45) is 0. The molecule has 0 heterocycles. The molecular formula is C15H25N3O2. The van der Waals surface area contributed by atoms with Crippen molar-refractivity contribution in [2.75, 3.05) is 45.0 Å². The fourth-order valence-electron chi connectivity index (χ4n) is 2.26. The third kappa shape index (κ3) is 3.63. The summed E-state index contributed by atoms with van der Waals surface area (Å²) >= 11 is 0. The van der Waals surface area contributed by atoms with Gasteiger partial charge < -0.3 is 20.3 Å². The maximum Gasteiger partial charge on any atom is 0.256 e. The summed E-state index contributed by atoms with van der Waals surface area (Å²) in [7, 11) is 5.47.